The van der Waals surface area contributed by atoms with Crippen LogP contribution >= 0.6 is 22.9 Å². The van der Waals surface area contributed by atoms with Crippen LogP contribution in [0.2, 0.25) is 5.02 Å². The molecule has 2 aromatic carbocycles. The van der Waals surface area contributed by atoms with Crippen LogP contribution in [0.4, 0.5) is 0 Å². The number of halogens is 1. The van der Waals surface area contributed by atoms with E-state index >= 15 is 0 Å². The lowest BCUT2D eigenvalue weighted by Gasteiger charge is -2.18. The zero-order valence-corrected chi connectivity index (χ0v) is 19.9. The van der Waals surface area contributed by atoms with Gasteiger partial charge in [-0.05, 0) is 53.4 Å². The van der Waals surface area contributed by atoms with Crippen LogP contribution in [0.25, 0.3) is 21.2 Å². The Kier molecular flexibility index (Phi) is 6.83. The Hall–Kier alpha value is -3.46. The van der Waals surface area contributed by atoms with Gasteiger partial charge in [-0.2, -0.15) is 0 Å². The number of esters is 2. The number of hydrogen-bond acceptors (Lipinski definition) is 7. The van der Waals surface area contributed by atoms with Gasteiger partial charge in [-0.15, -0.1) is 11.3 Å². The van der Waals surface area contributed by atoms with Gasteiger partial charge in [-0.25, -0.2) is 9.59 Å². The number of aromatic nitrogens is 1. The SMILES string of the molecule is COC(=O)c1ccc(Cn2c(C(=O)OC)c(-c3ccc(CO)s3)c3cc(Cl)ccc3c2=O)cc1. The van der Waals surface area contributed by atoms with E-state index in [9.17, 15) is 19.5 Å². The zero-order valence-electron chi connectivity index (χ0n) is 18.3. The average molecular weight is 498 g/mol. The maximum Gasteiger partial charge on any atom is 0.355 e. The molecule has 4 aromatic rings. The molecule has 0 amide bonds. The third kappa shape index (κ3) is 4.35. The number of carbonyl (C=O) groups excluding carboxylic acids is 2. The molecule has 1 N–H and O–H groups in total. The lowest BCUT2D eigenvalue weighted by Crippen LogP contribution is -2.28. The number of methoxy groups -OCH3 is 2. The Bertz CT molecular complexity index is 1460. The highest BCUT2D eigenvalue weighted by Gasteiger charge is 2.25. The molecule has 9 heteroatoms. The summed E-state index contributed by atoms with van der Waals surface area (Å²) in [4.78, 5) is 39.7. The monoisotopic (exact) mass is 497 g/mol. The molecule has 4 rings (SSSR count). The van der Waals surface area contributed by atoms with Crippen LogP contribution in [0.1, 0.15) is 31.3 Å². The molecule has 0 aliphatic rings. The number of benzene rings is 2. The van der Waals surface area contributed by atoms with Crippen molar-refractivity contribution in [1.29, 1.82) is 0 Å². The molecule has 0 aliphatic heterocycles. The second-order valence-corrected chi connectivity index (χ2v) is 9.01. The van der Waals surface area contributed by atoms with Crippen molar-refractivity contribution in [3.63, 3.8) is 0 Å². The Balaban J connectivity index is 2.00. The Morgan fingerprint density at radius 3 is 2.29 bits per heavy atom. The quantitative estimate of drug-likeness (QED) is 0.394. The van der Waals surface area contributed by atoms with Crippen LogP contribution in [0.15, 0.2) is 59.4 Å². The topological polar surface area (TPSA) is 94.8 Å². The van der Waals surface area contributed by atoms with E-state index in [0.29, 0.717) is 42.2 Å². The predicted octanol–water partition coefficient (Wildman–Crippen LogP) is 4.50. The van der Waals surface area contributed by atoms with E-state index in [1.807, 2.05) is 0 Å². The molecule has 7 nitrogen and oxygen atoms in total. The van der Waals surface area contributed by atoms with Crippen LogP contribution in [-0.4, -0.2) is 35.8 Å². The number of thiophene rings is 1. The molecule has 0 spiro atoms. The van der Waals surface area contributed by atoms with Crippen molar-refractivity contribution in [3.8, 4) is 10.4 Å². The van der Waals surface area contributed by atoms with Crippen LogP contribution in [0.5, 0.6) is 0 Å². The van der Waals surface area contributed by atoms with Gasteiger partial charge in [0.05, 0.1) is 32.9 Å². The fourth-order valence-corrected chi connectivity index (χ4v) is 4.87. The second kappa shape index (κ2) is 9.80. The van der Waals surface area contributed by atoms with Crippen molar-refractivity contribution >= 4 is 45.6 Å². The Labute approximate surface area is 203 Å². The van der Waals surface area contributed by atoms with Gasteiger partial charge in [0.25, 0.3) is 5.56 Å². The summed E-state index contributed by atoms with van der Waals surface area (Å²) in [5, 5.41) is 10.9. The first-order valence-electron chi connectivity index (χ1n) is 10.2. The van der Waals surface area contributed by atoms with Gasteiger partial charge in [0.15, 0.2) is 0 Å². The van der Waals surface area contributed by atoms with E-state index in [-0.39, 0.29) is 24.4 Å². The Morgan fingerprint density at radius 2 is 1.68 bits per heavy atom. The number of rotatable bonds is 6. The van der Waals surface area contributed by atoms with Crippen LogP contribution in [0, 0.1) is 0 Å². The van der Waals surface area contributed by atoms with Crippen LogP contribution < -0.4 is 5.56 Å². The number of fused-ring (bicyclic) bond motifs is 1. The van der Waals surface area contributed by atoms with Crippen LogP contribution in [-0.2, 0) is 22.6 Å². The first-order chi connectivity index (χ1) is 16.4. The van der Waals surface area contributed by atoms with E-state index in [1.165, 1.54) is 30.1 Å². The molecule has 0 saturated heterocycles. The van der Waals surface area contributed by atoms with Gasteiger partial charge in [0.1, 0.15) is 5.69 Å². The molecule has 0 unspecified atom stereocenters. The molecular formula is C25H20ClNO6S. The number of pyridine rings is 1. The maximum atomic E-state index is 13.6. The van der Waals surface area contributed by atoms with E-state index in [4.69, 9.17) is 21.1 Å². The van der Waals surface area contributed by atoms with Crippen molar-refractivity contribution in [2.75, 3.05) is 14.2 Å². The standard InChI is InChI=1S/C25H20ClNO6S/c1-32-24(30)15-5-3-14(4-6-15)12-27-22(25(31)33-2)21(20-10-8-17(13-28)34-20)19-11-16(26)7-9-18(19)23(27)29/h3-11,28H,12-13H2,1-2H3. The predicted molar refractivity (Wildman–Crippen MR) is 131 cm³/mol. The van der Waals surface area contributed by atoms with Gasteiger partial charge in [0, 0.05) is 25.7 Å². The van der Waals surface area contributed by atoms with Crippen molar-refractivity contribution in [2.45, 2.75) is 13.2 Å². The third-order valence-corrected chi connectivity index (χ3v) is 6.71. The fraction of sp³-hybridized carbons (Fsp3) is 0.160. The minimum absolute atomic E-state index is 0.0640. The van der Waals surface area contributed by atoms with E-state index in [2.05, 4.69) is 0 Å². The molecule has 34 heavy (non-hydrogen) atoms. The Morgan fingerprint density at radius 1 is 0.971 bits per heavy atom. The first kappa shape index (κ1) is 23.7. The zero-order chi connectivity index (χ0) is 24.4. The molecule has 174 valence electrons. The van der Waals surface area contributed by atoms with Gasteiger partial charge < -0.3 is 14.6 Å². The summed E-state index contributed by atoms with van der Waals surface area (Å²) >= 11 is 7.56. The fourth-order valence-electron chi connectivity index (χ4n) is 3.77. The minimum Gasteiger partial charge on any atom is -0.465 e. The molecule has 0 fully saturated rings. The summed E-state index contributed by atoms with van der Waals surface area (Å²) < 4.78 is 11.2. The van der Waals surface area contributed by atoms with Gasteiger partial charge in [0.2, 0.25) is 0 Å². The number of carbonyl (C=O) groups is 2. The summed E-state index contributed by atoms with van der Waals surface area (Å²) in [5.41, 5.74) is 1.26. The molecule has 0 bridgehead atoms. The smallest absolute Gasteiger partial charge is 0.355 e. The van der Waals surface area contributed by atoms with Crippen molar-refractivity contribution in [2.24, 2.45) is 0 Å². The highest BCUT2D eigenvalue weighted by atomic mass is 35.5. The van der Waals surface area contributed by atoms with Crippen molar-refractivity contribution < 1.29 is 24.2 Å². The lowest BCUT2D eigenvalue weighted by atomic mass is 10.0. The normalized spacial score (nSPS) is 10.9. The highest BCUT2D eigenvalue weighted by Crippen LogP contribution is 2.37. The molecule has 0 saturated carbocycles. The lowest BCUT2D eigenvalue weighted by molar-refractivity contribution is 0.0584. The molecule has 0 atom stereocenters. The summed E-state index contributed by atoms with van der Waals surface area (Å²) in [7, 11) is 2.55. The summed E-state index contributed by atoms with van der Waals surface area (Å²) in [5.74, 6) is -1.15. The first-order valence-corrected chi connectivity index (χ1v) is 11.4. The highest BCUT2D eigenvalue weighted by molar-refractivity contribution is 7.15. The average Bonchev–Trinajstić information content (AvgIpc) is 3.33. The van der Waals surface area contributed by atoms with Gasteiger partial charge in [-0.3, -0.25) is 9.36 Å². The van der Waals surface area contributed by atoms with Crippen molar-refractivity contribution in [3.05, 3.63) is 91.7 Å². The maximum absolute atomic E-state index is 13.6. The van der Waals surface area contributed by atoms with Gasteiger partial charge >= 0.3 is 11.9 Å². The van der Waals surface area contributed by atoms with E-state index in [0.717, 1.165) is 0 Å². The summed E-state index contributed by atoms with van der Waals surface area (Å²) in [6.07, 6.45) is 0. The number of hydrogen-bond donors (Lipinski definition) is 1. The minimum atomic E-state index is -0.681. The molecule has 2 heterocycles. The summed E-state index contributed by atoms with van der Waals surface area (Å²) in [6.45, 7) is -0.0857. The third-order valence-electron chi connectivity index (χ3n) is 5.39. The number of ether oxygens (including phenoxy) is 2. The van der Waals surface area contributed by atoms with E-state index in [1.54, 1.807) is 54.6 Å². The number of aliphatic hydroxyl groups excluding tert-OH is 1. The molecular weight excluding hydrogens is 478 g/mol. The summed E-state index contributed by atoms with van der Waals surface area (Å²) in [6, 6.07) is 15.0. The number of aliphatic hydroxyl groups is 1. The van der Waals surface area contributed by atoms with E-state index < -0.39 is 11.9 Å². The molecule has 2 aromatic heterocycles. The van der Waals surface area contributed by atoms with Crippen LogP contribution in [0.3, 0.4) is 0 Å². The molecule has 0 radical (unpaired) electrons. The molecule has 0 aliphatic carbocycles. The van der Waals surface area contributed by atoms with Crippen molar-refractivity contribution in [1.82, 2.24) is 4.57 Å². The second-order valence-electron chi connectivity index (χ2n) is 7.41. The largest absolute Gasteiger partial charge is 0.465 e. The number of nitrogens with zero attached hydrogens (tertiary/aromatic N) is 1. The van der Waals surface area contributed by atoms with Gasteiger partial charge in [-0.1, -0.05) is 23.7 Å².